The number of anilines is 2. The van der Waals surface area contributed by atoms with Crippen LogP contribution in [0.25, 0.3) is 0 Å². The maximum atomic E-state index is 12.4. The van der Waals surface area contributed by atoms with E-state index in [2.05, 4.69) is 5.32 Å². The lowest BCUT2D eigenvalue weighted by Gasteiger charge is -2.21. The van der Waals surface area contributed by atoms with Crippen molar-refractivity contribution < 1.29 is 23.8 Å². The smallest absolute Gasteiger partial charge is 0.244 e. The first-order chi connectivity index (χ1) is 13.0. The zero-order valence-electron chi connectivity index (χ0n) is 15.9. The van der Waals surface area contributed by atoms with Crippen molar-refractivity contribution in [1.29, 1.82) is 0 Å². The van der Waals surface area contributed by atoms with E-state index in [1.54, 1.807) is 42.5 Å². The van der Waals surface area contributed by atoms with Gasteiger partial charge in [-0.3, -0.25) is 9.59 Å². The molecule has 0 fully saturated rings. The van der Waals surface area contributed by atoms with Crippen LogP contribution in [0.4, 0.5) is 11.4 Å². The van der Waals surface area contributed by atoms with Gasteiger partial charge in [-0.2, -0.15) is 0 Å². The molecule has 0 spiro atoms. The Bertz CT molecular complexity index is 789. The minimum Gasteiger partial charge on any atom is -0.494 e. The summed E-state index contributed by atoms with van der Waals surface area (Å²) < 4.78 is 15.8. The Balaban J connectivity index is 2.10. The van der Waals surface area contributed by atoms with Gasteiger partial charge >= 0.3 is 0 Å². The first-order valence-electron chi connectivity index (χ1n) is 8.51. The second-order valence-electron chi connectivity index (χ2n) is 5.65. The number of ether oxygens (including phenoxy) is 3. The average molecular weight is 372 g/mol. The van der Waals surface area contributed by atoms with E-state index in [0.717, 1.165) is 0 Å². The summed E-state index contributed by atoms with van der Waals surface area (Å²) in [6, 6.07) is 12.1. The molecule has 0 radical (unpaired) electrons. The van der Waals surface area contributed by atoms with E-state index in [9.17, 15) is 9.59 Å². The van der Waals surface area contributed by atoms with Crippen LogP contribution in [0, 0.1) is 0 Å². The number of methoxy groups -OCH3 is 2. The zero-order valence-corrected chi connectivity index (χ0v) is 15.9. The van der Waals surface area contributed by atoms with Crippen LogP contribution in [0.15, 0.2) is 42.5 Å². The molecule has 0 saturated heterocycles. The van der Waals surface area contributed by atoms with Gasteiger partial charge in [-0.15, -0.1) is 0 Å². The summed E-state index contributed by atoms with van der Waals surface area (Å²) >= 11 is 0. The molecule has 0 aliphatic heterocycles. The minimum absolute atomic E-state index is 0.113. The summed E-state index contributed by atoms with van der Waals surface area (Å²) in [6.45, 7) is 3.76. The Kier molecular flexibility index (Phi) is 7.05. The number of carbonyl (C=O) groups is 2. The fourth-order valence-corrected chi connectivity index (χ4v) is 2.53. The molecule has 27 heavy (non-hydrogen) atoms. The number of benzene rings is 2. The summed E-state index contributed by atoms with van der Waals surface area (Å²) in [6.07, 6.45) is 0. The van der Waals surface area contributed by atoms with Crippen LogP contribution in [-0.4, -0.2) is 39.2 Å². The molecule has 0 aromatic heterocycles. The van der Waals surface area contributed by atoms with Crippen molar-refractivity contribution in [3.05, 3.63) is 42.5 Å². The van der Waals surface area contributed by atoms with Gasteiger partial charge in [-0.25, -0.2) is 0 Å². The minimum atomic E-state index is -0.327. The average Bonchev–Trinajstić information content (AvgIpc) is 2.66. The van der Waals surface area contributed by atoms with Crippen LogP contribution < -0.4 is 24.4 Å². The van der Waals surface area contributed by atoms with Gasteiger partial charge in [-0.05, 0) is 43.3 Å². The number of amides is 2. The summed E-state index contributed by atoms with van der Waals surface area (Å²) in [5.41, 5.74) is 1.17. The summed E-state index contributed by atoms with van der Waals surface area (Å²) in [5, 5.41) is 2.76. The fourth-order valence-electron chi connectivity index (χ4n) is 2.53. The van der Waals surface area contributed by atoms with Gasteiger partial charge in [0.1, 0.15) is 12.3 Å². The topological polar surface area (TPSA) is 77.1 Å². The summed E-state index contributed by atoms with van der Waals surface area (Å²) in [4.78, 5) is 25.8. The van der Waals surface area contributed by atoms with Gasteiger partial charge < -0.3 is 24.4 Å². The molecule has 2 aromatic rings. The number of hydrogen-bond acceptors (Lipinski definition) is 5. The van der Waals surface area contributed by atoms with Crippen LogP contribution in [0.1, 0.15) is 13.8 Å². The Labute approximate surface area is 158 Å². The molecule has 0 heterocycles. The molecule has 0 atom stereocenters. The van der Waals surface area contributed by atoms with E-state index < -0.39 is 0 Å². The third-order valence-electron chi connectivity index (χ3n) is 3.81. The Hall–Kier alpha value is -3.22. The maximum Gasteiger partial charge on any atom is 0.244 e. The molecule has 2 aromatic carbocycles. The van der Waals surface area contributed by atoms with Crippen LogP contribution in [-0.2, 0) is 9.59 Å². The molecule has 0 aliphatic rings. The van der Waals surface area contributed by atoms with Crippen molar-refractivity contribution in [1.82, 2.24) is 0 Å². The van der Waals surface area contributed by atoms with Crippen LogP contribution in [0.3, 0.4) is 0 Å². The molecular formula is C20H24N2O5. The highest BCUT2D eigenvalue weighted by Gasteiger charge is 2.16. The predicted molar refractivity (Wildman–Crippen MR) is 104 cm³/mol. The van der Waals surface area contributed by atoms with Crippen LogP contribution in [0.5, 0.6) is 17.2 Å². The third-order valence-corrected chi connectivity index (χ3v) is 3.81. The molecule has 2 amide bonds. The second kappa shape index (κ2) is 9.47. The standard InChI is InChI=1S/C20H24N2O5/c1-5-27-17-9-7-16(8-10-17)22(14(2)23)13-20(24)21-15-6-11-18(25-3)19(12-15)26-4/h6-12H,5,13H2,1-4H3,(H,21,24). The SMILES string of the molecule is CCOc1ccc(N(CC(=O)Nc2ccc(OC)c(OC)c2)C(C)=O)cc1. The molecule has 0 bridgehead atoms. The monoisotopic (exact) mass is 372 g/mol. The maximum absolute atomic E-state index is 12.4. The highest BCUT2D eigenvalue weighted by Crippen LogP contribution is 2.29. The number of carbonyl (C=O) groups excluding carboxylic acids is 2. The highest BCUT2D eigenvalue weighted by atomic mass is 16.5. The molecule has 7 heteroatoms. The summed E-state index contributed by atoms with van der Waals surface area (Å²) in [7, 11) is 3.06. The third kappa shape index (κ3) is 5.37. The van der Waals surface area contributed by atoms with Crippen molar-refractivity contribution >= 4 is 23.2 Å². The number of rotatable bonds is 8. The summed E-state index contributed by atoms with van der Waals surface area (Å²) in [5.74, 6) is 1.22. The molecule has 7 nitrogen and oxygen atoms in total. The molecule has 0 unspecified atom stereocenters. The number of nitrogens with one attached hydrogen (secondary N) is 1. The molecule has 0 saturated carbocycles. The number of hydrogen-bond donors (Lipinski definition) is 1. The van der Waals surface area contributed by atoms with Gasteiger partial charge in [0.15, 0.2) is 11.5 Å². The van der Waals surface area contributed by atoms with Gasteiger partial charge in [0, 0.05) is 24.4 Å². The van der Waals surface area contributed by atoms with E-state index in [0.29, 0.717) is 35.2 Å². The van der Waals surface area contributed by atoms with Crippen molar-refractivity contribution in [3.8, 4) is 17.2 Å². The van der Waals surface area contributed by atoms with Gasteiger partial charge in [0.25, 0.3) is 0 Å². The van der Waals surface area contributed by atoms with Crippen LogP contribution in [0.2, 0.25) is 0 Å². The Morgan fingerprint density at radius 1 is 1.00 bits per heavy atom. The van der Waals surface area contributed by atoms with Crippen molar-refractivity contribution in [2.45, 2.75) is 13.8 Å². The van der Waals surface area contributed by atoms with E-state index in [-0.39, 0.29) is 18.4 Å². The normalized spacial score (nSPS) is 10.1. The molecular weight excluding hydrogens is 348 g/mol. The van der Waals surface area contributed by atoms with E-state index in [1.165, 1.54) is 26.0 Å². The quantitative estimate of drug-likeness (QED) is 0.770. The van der Waals surface area contributed by atoms with E-state index in [4.69, 9.17) is 14.2 Å². The Morgan fingerprint density at radius 3 is 2.22 bits per heavy atom. The van der Waals surface area contributed by atoms with Crippen LogP contribution >= 0.6 is 0 Å². The largest absolute Gasteiger partial charge is 0.494 e. The second-order valence-corrected chi connectivity index (χ2v) is 5.65. The predicted octanol–water partition coefficient (Wildman–Crippen LogP) is 3.09. The molecule has 144 valence electrons. The lowest BCUT2D eigenvalue weighted by atomic mass is 10.2. The first kappa shape index (κ1) is 20.1. The van der Waals surface area contributed by atoms with Crippen molar-refractivity contribution in [2.75, 3.05) is 37.6 Å². The zero-order chi connectivity index (χ0) is 19.8. The molecule has 2 rings (SSSR count). The van der Waals surface area contributed by atoms with Gasteiger partial charge in [0.2, 0.25) is 11.8 Å². The fraction of sp³-hybridized carbons (Fsp3) is 0.300. The molecule has 1 N–H and O–H groups in total. The van der Waals surface area contributed by atoms with E-state index in [1.807, 2.05) is 6.92 Å². The number of nitrogens with zero attached hydrogens (tertiary/aromatic N) is 1. The van der Waals surface area contributed by atoms with Gasteiger partial charge in [-0.1, -0.05) is 0 Å². The highest BCUT2D eigenvalue weighted by molar-refractivity contribution is 6.01. The Morgan fingerprint density at radius 2 is 1.67 bits per heavy atom. The van der Waals surface area contributed by atoms with Gasteiger partial charge in [0.05, 0.1) is 20.8 Å². The lowest BCUT2D eigenvalue weighted by Crippen LogP contribution is -2.36. The van der Waals surface area contributed by atoms with Crippen molar-refractivity contribution in [3.63, 3.8) is 0 Å². The molecule has 0 aliphatic carbocycles. The van der Waals surface area contributed by atoms with E-state index >= 15 is 0 Å². The lowest BCUT2D eigenvalue weighted by molar-refractivity contribution is -0.120. The van der Waals surface area contributed by atoms with Crippen molar-refractivity contribution in [2.24, 2.45) is 0 Å². The first-order valence-corrected chi connectivity index (χ1v) is 8.51.